The van der Waals surface area contributed by atoms with Gasteiger partial charge in [-0.25, -0.2) is 19.0 Å². The second-order valence-electron chi connectivity index (χ2n) is 10.1. The van der Waals surface area contributed by atoms with Gasteiger partial charge in [-0.3, -0.25) is 5.32 Å². The third-order valence-electron chi connectivity index (χ3n) is 7.54. The number of piperidine rings is 1. The molecular weight excluding hydrogens is 513 g/mol. The Morgan fingerprint density at radius 1 is 1.05 bits per heavy atom. The van der Waals surface area contributed by atoms with Crippen LogP contribution < -0.4 is 10.1 Å². The molecule has 3 amide bonds. The predicted molar refractivity (Wildman–Crippen MR) is 149 cm³/mol. The number of methoxy groups -OCH3 is 1. The maximum atomic E-state index is 13.8. The minimum absolute atomic E-state index is 0.0274. The van der Waals surface area contributed by atoms with Gasteiger partial charge in [-0.15, -0.1) is 0 Å². The second-order valence-corrected chi connectivity index (χ2v) is 10.1. The van der Waals surface area contributed by atoms with Crippen LogP contribution in [0.25, 0.3) is 22.2 Å². The van der Waals surface area contributed by atoms with Gasteiger partial charge in [0.15, 0.2) is 0 Å². The molecule has 0 spiro atoms. The molecule has 1 unspecified atom stereocenters. The number of hydrogen-bond donors (Lipinski definition) is 2. The van der Waals surface area contributed by atoms with Crippen molar-refractivity contribution in [3.63, 3.8) is 0 Å². The van der Waals surface area contributed by atoms with E-state index in [2.05, 4.69) is 26.1 Å². The molecule has 0 saturated carbocycles. The highest BCUT2D eigenvalue weighted by Gasteiger charge is 2.32. The number of H-pyrrole nitrogens is 1. The van der Waals surface area contributed by atoms with Crippen molar-refractivity contribution < 1.29 is 23.5 Å². The largest absolute Gasteiger partial charge is 0.491 e. The molecule has 1 saturated heterocycles. The molecule has 1 fully saturated rings. The zero-order valence-electron chi connectivity index (χ0n) is 22.2. The normalized spacial score (nSPS) is 17.1. The Hall–Kier alpha value is -4.60. The van der Waals surface area contributed by atoms with Crippen molar-refractivity contribution in [2.75, 3.05) is 32.1 Å². The Labute approximate surface area is 230 Å². The topological polar surface area (TPSA) is 99.8 Å². The van der Waals surface area contributed by atoms with E-state index in [1.54, 1.807) is 12.1 Å². The maximum absolute atomic E-state index is 13.8. The van der Waals surface area contributed by atoms with Gasteiger partial charge in [0.05, 0.1) is 37.3 Å². The van der Waals surface area contributed by atoms with Gasteiger partial charge in [-0.2, -0.15) is 0 Å². The number of nitrogens with one attached hydrogen (secondary N) is 2. The van der Waals surface area contributed by atoms with Crippen LogP contribution in [0.3, 0.4) is 0 Å². The van der Waals surface area contributed by atoms with Crippen LogP contribution >= 0.6 is 0 Å². The third-order valence-corrected chi connectivity index (χ3v) is 7.54. The number of amides is 3. The Kier molecular flexibility index (Phi) is 6.98. The average Bonchev–Trinajstić information content (AvgIpc) is 3.25. The van der Waals surface area contributed by atoms with Gasteiger partial charge in [0.25, 0.3) is 0 Å². The van der Waals surface area contributed by atoms with E-state index in [9.17, 15) is 14.0 Å². The highest BCUT2D eigenvalue weighted by atomic mass is 19.1. The first-order valence-electron chi connectivity index (χ1n) is 13.4. The van der Waals surface area contributed by atoms with Crippen LogP contribution in [0.2, 0.25) is 0 Å². The first-order chi connectivity index (χ1) is 19.5. The molecule has 3 aromatic carbocycles. The molecule has 0 bridgehead atoms. The number of fused-ring (bicyclic) bond motifs is 2. The summed E-state index contributed by atoms with van der Waals surface area (Å²) in [4.78, 5) is 36.6. The molecule has 206 valence electrons. The van der Waals surface area contributed by atoms with Crippen LogP contribution in [-0.4, -0.2) is 58.7 Å². The summed E-state index contributed by atoms with van der Waals surface area (Å²) in [5.74, 6) is 0.791. The zero-order chi connectivity index (χ0) is 27.6. The number of halogens is 1. The van der Waals surface area contributed by atoms with Gasteiger partial charge < -0.3 is 24.3 Å². The van der Waals surface area contributed by atoms with Gasteiger partial charge in [0.1, 0.15) is 18.2 Å². The fourth-order valence-electron chi connectivity index (χ4n) is 5.51. The van der Waals surface area contributed by atoms with Crippen LogP contribution in [0.15, 0.2) is 60.7 Å². The van der Waals surface area contributed by atoms with Gasteiger partial charge in [-0.05, 0) is 72.4 Å². The first-order valence-corrected chi connectivity index (χ1v) is 13.4. The number of rotatable bonds is 3. The number of aromatic amines is 1. The molecule has 1 aromatic heterocycles. The van der Waals surface area contributed by atoms with Crippen molar-refractivity contribution in [1.82, 2.24) is 19.8 Å². The molecule has 10 heteroatoms. The van der Waals surface area contributed by atoms with Gasteiger partial charge in [-0.1, -0.05) is 24.3 Å². The number of aromatic nitrogens is 2. The Balaban J connectivity index is 1.24. The number of hydrogen-bond acceptors (Lipinski definition) is 5. The summed E-state index contributed by atoms with van der Waals surface area (Å²) < 4.78 is 24.2. The van der Waals surface area contributed by atoms with Crippen molar-refractivity contribution in [1.29, 1.82) is 0 Å². The van der Waals surface area contributed by atoms with Crippen molar-refractivity contribution in [2.45, 2.75) is 31.8 Å². The summed E-state index contributed by atoms with van der Waals surface area (Å²) in [6, 6.07) is 18.2. The minimum atomic E-state index is -0.599. The summed E-state index contributed by atoms with van der Waals surface area (Å²) in [6.45, 7) is 1.98. The molecule has 2 N–H and O–H groups in total. The lowest BCUT2D eigenvalue weighted by molar-refractivity contribution is 0.110. The molecule has 3 heterocycles. The molecule has 40 heavy (non-hydrogen) atoms. The fourth-order valence-corrected chi connectivity index (χ4v) is 5.51. The van der Waals surface area contributed by atoms with Crippen molar-refractivity contribution >= 4 is 29.1 Å². The van der Waals surface area contributed by atoms with Crippen LogP contribution in [0, 0.1) is 5.82 Å². The van der Waals surface area contributed by atoms with Crippen LogP contribution in [0.1, 0.15) is 36.4 Å². The fraction of sp³-hybridized carbons (Fsp3) is 0.300. The van der Waals surface area contributed by atoms with E-state index in [0.717, 1.165) is 52.8 Å². The monoisotopic (exact) mass is 543 g/mol. The summed E-state index contributed by atoms with van der Waals surface area (Å²) in [5.41, 5.74) is 5.29. The number of nitrogens with zero attached hydrogens (tertiary/aromatic N) is 3. The van der Waals surface area contributed by atoms with Crippen molar-refractivity contribution in [3.05, 3.63) is 77.6 Å². The Morgan fingerprint density at radius 3 is 2.67 bits per heavy atom. The number of carbonyl (C=O) groups excluding carboxylic acids is 2. The van der Waals surface area contributed by atoms with E-state index in [0.29, 0.717) is 37.7 Å². The lowest BCUT2D eigenvalue weighted by Crippen LogP contribution is -2.47. The second kappa shape index (κ2) is 10.9. The number of carbonyl (C=O) groups is 2. The number of urea groups is 1. The highest BCUT2D eigenvalue weighted by Crippen LogP contribution is 2.34. The molecule has 6 rings (SSSR count). The molecule has 4 aromatic rings. The van der Waals surface area contributed by atoms with Gasteiger partial charge >= 0.3 is 12.1 Å². The van der Waals surface area contributed by atoms with E-state index < -0.39 is 6.09 Å². The smallest absolute Gasteiger partial charge is 0.413 e. The predicted octanol–water partition coefficient (Wildman–Crippen LogP) is 6.09. The summed E-state index contributed by atoms with van der Waals surface area (Å²) in [5, 5.41) is 2.54. The Morgan fingerprint density at radius 2 is 1.85 bits per heavy atom. The molecule has 0 aliphatic carbocycles. The maximum Gasteiger partial charge on any atom is 0.413 e. The average molecular weight is 544 g/mol. The Bertz CT molecular complexity index is 1550. The molecule has 1 atom stereocenters. The molecular formula is C30H30FN5O4. The minimum Gasteiger partial charge on any atom is -0.491 e. The number of likely N-dealkylation sites (tertiary alicyclic amines) is 1. The number of ether oxygens (including phenoxy) is 2. The standard InChI is InChI=1S/C30H30FN5O4/c1-39-29(37)34-28-32-24-11-7-21(17-25(24)33-28)20-8-12-27-22(16-20)18-35(14-15-40-27)30(38)36-13-3-2-4-26(36)19-5-9-23(31)10-6-19/h5-12,16-17,26H,2-4,13-15,18H2,1H3,(H2,32,33,34,37). The van der Waals surface area contributed by atoms with E-state index in [4.69, 9.17) is 4.74 Å². The van der Waals surface area contributed by atoms with Crippen LogP contribution in [0.5, 0.6) is 5.75 Å². The summed E-state index contributed by atoms with van der Waals surface area (Å²) in [6.07, 6.45) is 2.23. The number of benzene rings is 3. The van der Waals surface area contributed by atoms with Gasteiger partial charge in [0.2, 0.25) is 5.95 Å². The van der Waals surface area contributed by atoms with Crippen molar-refractivity contribution in [2.24, 2.45) is 0 Å². The van der Waals surface area contributed by atoms with E-state index in [1.165, 1.54) is 19.2 Å². The lowest BCUT2D eigenvalue weighted by atomic mass is 9.95. The van der Waals surface area contributed by atoms with E-state index >= 15 is 0 Å². The summed E-state index contributed by atoms with van der Waals surface area (Å²) >= 11 is 0. The number of anilines is 1. The quantitative estimate of drug-likeness (QED) is 0.326. The van der Waals surface area contributed by atoms with Crippen molar-refractivity contribution in [3.8, 4) is 16.9 Å². The molecule has 2 aliphatic rings. The lowest BCUT2D eigenvalue weighted by Gasteiger charge is -2.39. The SMILES string of the molecule is COC(=O)Nc1nc2ccc(-c3ccc4c(c3)CN(C(=O)N3CCCCC3c3ccc(F)cc3)CCO4)cc2[nH]1. The van der Waals surface area contributed by atoms with E-state index in [-0.39, 0.29) is 17.9 Å². The van der Waals surface area contributed by atoms with Crippen LogP contribution in [-0.2, 0) is 11.3 Å². The highest BCUT2D eigenvalue weighted by molar-refractivity contribution is 5.88. The van der Waals surface area contributed by atoms with Gasteiger partial charge in [0, 0.05) is 12.1 Å². The number of imidazole rings is 1. The third kappa shape index (κ3) is 5.16. The van der Waals surface area contributed by atoms with E-state index in [1.807, 2.05) is 40.1 Å². The molecule has 0 radical (unpaired) electrons. The zero-order valence-corrected chi connectivity index (χ0v) is 22.2. The first kappa shape index (κ1) is 25.7. The molecule has 2 aliphatic heterocycles. The van der Waals surface area contributed by atoms with Crippen LogP contribution in [0.4, 0.5) is 19.9 Å². The summed E-state index contributed by atoms with van der Waals surface area (Å²) in [7, 11) is 1.29. The molecule has 9 nitrogen and oxygen atoms in total.